The standard InChI is InChI=1S/C14H9F2NO5/c15-14(16)22-12-6-5-9(8-18)7-13(12)21-11-4-2-1-3-10(11)17(19)20/h1-8,14H. The first-order valence-corrected chi connectivity index (χ1v) is 5.96. The van der Waals surface area contributed by atoms with Crippen molar-refractivity contribution in [3.05, 3.63) is 58.1 Å². The monoisotopic (exact) mass is 309 g/mol. The van der Waals surface area contributed by atoms with Crippen molar-refractivity contribution >= 4 is 12.0 Å². The lowest BCUT2D eigenvalue weighted by Crippen LogP contribution is -2.04. The maximum Gasteiger partial charge on any atom is 0.387 e. The lowest BCUT2D eigenvalue weighted by molar-refractivity contribution is -0.385. The normalized spacial score (nSPS) is 10.3. The fourth-order valence-electron chi connectivity index (χ4n) is 1.68. The molecule has 0 radical (unpaired) electrons. The van der Waals surface area contributed by atoms with Crippen LogP contribution in [0.4, 0.5) is 14.5 Å². The van der Waals surface area contributed by atoms with E-state index in [4.69, 9.17) is 4.74 Å². The molecule has 2 rings (SSSR count). The minimum atomic E-state index is -3.10. The fourth-order valence-corrected chi connectivity index (χ4v) is 1.68. The second kappa shape index (κ2) is 6.61. The summed E-state index contributed by atoms with van der Waals surface area (Å²) in [5, 5.41) is 10.9. The largest absolute Gasteiger partial charge is 0.446 e. The van der Waals surface area contributed by atoms with Gasteiger partial charge in [-0.3, -0.25) is 14.9 Å². The van der Waals surface area contributed by atoms with Crippen LogP contribution < -0.4 is 9.47 Å². The summed E-state index contributed by atoms with van der Waals surface area (Å²) < 4.78 is 34.3. The van der Waals surface area contributed by atoms with E-state index in [1.807, 2.05) is 0 Å². The van der Waals surface area contributed by atoms with Gasteiger partial charge >= 0.3 is 12.3 Å². The molecule has 0 fully saturated rings. The van der Waals surface area contributed by atoms with Crippen LogP contribution >= 0.6 is 0 Å². The number of nitrogens with zero attached hydrogens (tertiary/aromatic N) is 1. The number of halogens is 2. The quantitative estimate of drug-likeness (QED) is 0.460. The van der Waals surface area contributed by atoms with Gasteiger partial charge in [0.05, 0.1) is 4.92 Å². The van der Waals surface area contributed by atoms with Crippen LogP contribution in [0.15, 0.2) is 42.5 Å². The second-order valence-corrected chi connectivity index (χ2v) is 4.03. The molecule has 0 saturated carbocycles. The molecular weight excluding hydrogens is 300 g/mol. The van der Waals surface area contributed by atoms with Gasteiger partial charge < -0.3 is 9.47 Å². The van der Waals surface area contributed by atoms with Gasteiger partial charge in [0, 0.05) is 11.6 Å². The van der Waals surface area contributed by atoms with E-state index in [-0.39, 0.29) is 28.5 Å². The van der Waals surface area contributed by atoms with Gasteiger partial charge in [-0.05, 0) is 24.3 Å². The molecule has 22 heavy (non-hydrogen) atoms. The molecule has 0 atom stereocenters. The lowest BCUT2D eigenvalue weighted by Gasteiger charge is -2.12. The zero-order valence-corrected chi connectivity index (χ0v) is 10.9. The first-order valence-electron chi connectivity index (χ1n) is 5.96. The van der Waals surface area contributed by atoms with Gasteiger partial charge in [-0.2, -0.15) is 8.78 Å². The summed E-state index contributed by atoms with van der Waals surface area (Å²) in [5.41, 5.74) is -0.197. The SMILES string of the molecule is O=Cc1ccc(OC(F)F)c(Oc2ccccc2[N+](=O)[O-])c1. The van der Waals surface area contributed by atoms with Crippen molar-refractivity contribution in [3.8, 4) is 17.2 Å². The molecule has 6 nitrogen and oxygen atoms in total. The predicted molar refractivity (Wildman–Crippen MR) is 71.6 cm³/mol. The van der Waals surface area contributed by atoms with E-state index in [2.05, 4.69) is 4.74 Å². The fraction of sp³-hybridized carbons (Fsp3) is 0.0714. The summed E-state index contributed by atoms with van der Waals surface area (Å²) in [7, 11) is 0. The zero-order valence-electron chi connectivity index (χ0n) is 10.9. The van der Waals surface area contributed by atoms with E-state index in [0.717, 1.165) is 12.1 Å². The highest BCUT2D eigenvalue weighted by molar-refractivity contribution is 5.76. The number of ether oxygens (including phenoxy) is 2. The molecule has 0 aliphatic carbocycles. The summed E-state index contributed by atoms with van der Waals surface area (Å²) in [6.07, 6.45) is 0.485. The molecule has 0 N–H and O–H groups in total. The number of hydrogen-bond acceptors (Lipinski definition) is 5. The molecule has 0 unspecified atom stereocenters. The van der Waals surface area contributed by atoms with Crippen molar-refractivity contribution < 1.29 is 28.0 Å². The Balaban J connectivity index is 2.43. The molecule has 2 aromatic rings. The summed E-state index contributed by atoms with van der Waals surface area (Å²) in [4.78, 5) is 21.0. The molecule has 0 bridgehead atoms. The lowest BCUT2D eigenvalue weighted by atomic mass is 10.2. The Morgan fingerprint density at radius 3 is 2.45 bits per heavy atom. The predicted octanol–water partition coefficient (Wildman–Crippen LogP) is 3.80. The zero-order chi connectivity index (χ0) is 16.1. The van der Waals surface area contributed by atoms with E-state index in [1.54, 1.807) is 0 Å². The Labute approximate surface area is 123 Å². The molecule has 114 valence electrons. The number of benzene rings is 2. The van der Waals surface area contributed by atoms with E-state index in [0.29, 0.717) is 6.29 Å². The van der Waals surface area contributed by atoms with Crippen molar-refractivity contribution in [1.82, 2.24) is 0 Å². The van der Waals surface area contributed by atoms with Crippen molar-refractivity contribution in [1.29, 1.82) is 0 Å². The van der Waals surface area contributed by atoms with Gasteiger partial charge in [0.1, 0.15) is 6.29 Å². The number of nitro groups is 1. The molecule has 0 spiro atoms. The third-order valence-electron chi connectivity index (χ3n) is 2.60. The minimum Gasteiger partial charge on any atom is -0.446 e. The van der Waals surface area contributed by atoms with Gasteiger partial charge in [-0.15, -0.1) is 0 Å². The second-order valence-electron chi connectivity index (χ2n) is 4.03. The number of carbonyl (C=O) groups is 1. The average molecular weight is 309 g/mol. The third-order valence-corrected chi connectivity index (χ3v) is 2.60. The average Bonchev–Trinajstić information content (AvgIpc) is 2.49. The van der Waals surface area contributed by atoms with E-state index in [9.17, 15) is 23.7 Å². The van der Waals surface area contributed by atoms with Crippen LogP contribution in [0.1, 0.15) is 10.4 Å². The summed E-state index contributed by atoms with van der Waals surface area (Å²) in [6.45, 7) is -3.10. The van der Waals surface area contributed by atoms with Crippen molar-refractivity contribution in [2.75, 3.05) is 0 Å². The van der Waals surface area contributed by atoms with Crippen molar-refractivity contribution in [2.45, 2.75) is 6.61 Å². The van der Waals surface area contributed by atoms with Gasteiger partial charge in [0.2, 0.25) is 5.75 Å². The maximum absolute atomic E-state index is 12.4. The smallest absolute Gasteiger partial charge is 0.387 e. The Bertz CT molecular complexity index is 705. The number of alkyl halides is 2. The molecule has 2 aromatic carbocycles. The van der Waals surface area contributed by atoms with E-state index < -0.39 is 11.5 Å². The molecule has 8 heteroatoms. The molecular formula is C14H9F2NO5. The summed E-state index contributed by atoms with van der Waals surface area (Å²) in [5.74, 6) is -0.715. The Morgan fingerprint density at radius 2 is 1.82 bits per heavy atom. The maximum atomic E-state index is 12.4. The number of carbonyl (C=O) groups excluding carboxylic acids is 1. The van der Waals surface area contributed by atoms with Crippen LogP contribution in [0.2, 0.25) is 0 Å². The van der Waals surface area contributed by atoms with E-state index >= 15 is 0 Å². The summed E-state index contributed by atoms with van der Waals surface area (Å²) in [6, 6.07) is 8.96. The minimum absolute atomic E-state index is 0.148. The van der Waals surface area contributed by atoms with Crippen LogP contribution in [-0.4, -0.2) is 17.8 Å². The third kappa shape index (κ3) is 3.54. The molecule has 0 aliphatic heterocycles. The molecule has 0 amide bonds. The van der Waals surface area contributed by atoms with Crippen molar-refractivity contribution in [3.63, 3.8) is 0 Å². The van der Waals surface area contributed by atoms with Crippen LogP contribution in [0, 0.1) is 10.1 Å². The number of rotatable bonds is 6. The van der Waals surface area contributed by atoms with Crippen LogP contribution in [0.5, 0.6) is 17.2 Å². The van der Waals surface area contributed by atoms with Gasteiger partial charge in [0.15, 0.2) is 11.5 Å². The highest BCUT2D eigenvalue weighted by Crippen LogP contribution is 2.37. The first kappa shape index (κ1) is 15.4. The molecule has 0 saturated heterocycles. The summed E-state index contributed by atoms with van der Waals surface area (Å²) >= 11 is 0. The van der Waals surface area contributed by atoms with Gasteiger partial charge in [-0.25, -0.2) is 0 Å². The Morgan fingerprint density at radius 1 is 1.09 bits per heavy atom. The number of aldehydes is 1. The highest BCUT2D eigenvalue weighted by atomic mass is 19.3. The Kier molecular flexibility index (Phi) is 4.62. The van der Waals surface area contributed by atoms with Crippen LogP contribution in [0.3, 0.4) is 0 Å². The molecule has 0 heterocycles. The topological polar surface area (TPSA) is 78.7 Å². The highest BCUT2D eigenvalue weighted by Gasteiger charge is 2.18. The number of nitro benzene ring substituents is 1. The van der Waals surface area contributed by atoms with Crippen molar-refractivity contribution in [2.24, 2.45) is 0 Å². The van der Waals surface area contributed by atoms with Gasteiger partial charge in [0.25, 0.3) is 0 Å². The van der Waals surface area contributed by atoms with E-state index in [1.165, 1.54) is 30.3 Å². The Hall–Kier alpha value is -3.03. The number of para-hydroxylation sites is 2. The first-order chi connectivity index (χ1) is 10.5. The van der Waals surface area contributed by atoms with Crippen LogP contribution in [-0.2, 0) is 0 Å². The van der Waals surface area contributed by atoms with Crippen LogP contribution in [0.25, 0.3) is 0 Å². The molecule has 0 aliphatic rings. The van der Waals surface area contributed by atoms with Gasteiger partial charge in [-0.1, -0.05) is 12.1 Å². The number of hydrogen-bond donors (Lipinski definition) is 0. The molecule has 0 aromatic heterocycles.